The van der Waals surface area contributed by atoms with Crippen LogP contribution in [0.2, 0.25) is 0 Å². The molecule has 23 heavy (non-hydrogen) atoms. The van der Waals surface area contributed by atoms with E-state index in [4.69, 9.17) is 15.9 Å². The van der Waals surface area contributed by atoms with Gasteiger partial charge in [0, 0.05) is 52.1 Å². The molecule has 134 valence electrons. The molecule has 0 heterocycles. The van der Waals surface area contributed by atoms with Gasteiger partial charge in [0.05, 0.1) is 6.42 Å². The van der Waals surface area contributed by atoms with Crippen molar-refractivity contribution < 1.29 is 24.6 Å². The second-order valence-corrected chi connectivity index (χ2v) is 5.12. The van der Waals surface area contributed by atoms with E-state index in [9.17, 15) is 14.4 Å². The molecule has 1 amide bonds. The van der Waals surface area contributed by atoms with Gasteiger partial charge in [-0.25, -0.2) is 0 Å². The van der Waals surface area contributed by atoms with Crippen molar-refractivity contribution in [2.45, 2.75) is 25.7 Å². The molecule has 0 aliphatic rings. The second-order valence-electron chi connectivity index (χ2n) is 5.12. The zero-order valence-corrected chi connectivity index (χ0v) is 13.4. The molecule has 6 N–H and O–H groups in total. The fraction of sp³-hybridized carbons (Fsp3) is 0.786. The van der Waals surface area contributed by atoms with E-state index in [1.165, 1.54) is 0 Å². The van der Waals surface area contributed by atoms with Gasteiger partial charge in [0.15, 0.2) is 0 Å². The normalized spacial score (nSPS) is 10.7. The lowest BCUT2D eigenvalue weighted by Crippen LogP contribution is -2.40. The van der Waals surface area contributed by atoms with Gasteiger partial charge in [0.25, 0.3) is 0 Å². The van der Waals surface area contributed by atoms with Crippen molar-refractivity contribution in [3.05, 3.63) is 0 Å². The number of hydrogen-bond acceptors (Lipinski definition) is 6. The monoisotopic (exact) mass is 332 g/mol. The van der Waals surface area contributed by atoms with Crippen LogP contribution in [-0.2, 0) is 14.4 Å². The lowest BCUT2D eigenvalue weighted by atomic mass is 10.3. The van der Waals surface area contributed by atoms with Gasteiger partial charge in [-0.3, -0.25) is 19.3 Å². The van der Waals surface area contributed by atoms with E-state index >= 15 is 0 Å². The van der Waals surface area contributed by atoms with Gasteiger partial charge in [-0.15, -0.1) is 0 Å². The van der Waals surface area contributed by atoms with Gasteiger partial charge < -0.3 is 26.6 Å². The van der Waals surface area contributed by atoms with Crippen LogP contribution in [0.1, 0.15) is 25.7 Å². The van der Waals surface area contributed by atoms with Crippen molar-refractivity contribution in [3.63, 3.8) is 0 Å². The lowest BCUT2D eigenvalue weighted by molar-refractivity contribution is -0.139. The number of nitrogens with one attached hydrogen (secondary N) is 2. The number of hydrogen-bond donors (Lipinski definition) is 5. The Bertz CT molecular complexity index is 365. The highest BCUT2D eigenvalue weighted by Crippen LogP contribution is 1.90. The van der Waals surface area contributed by atoms with Crippen molar-refractivity contribution in [3.8, 4) is 0 Å². The predicted octanol–water partition coefficient (Wildman–Crippen LogP) is -1.32. The standard InChI is InChI=1S/C14H28N4O5/c15-5-9-18(10-7-16-6-1-2-13(20)21)11-8-17-12(19)3-4-14(22)23/h16H,1-11,15H2,(H,17,19)(H,20,21)(H,22,23). The summed E-state index contributed by atoms with van der Waals surface area (Å²) in [5.41, 5.74) is 5.55. The molecular formula is C14H28N4O5. The highest BCUT2D eigenvalue weighted by Gasteiger charge is 2.07. The lowest BCUT2D eigenvalue weighted by Gasteiger charge is -2.22. The minimum Gasteiger partial charge on any atom is -0.481 e. The third-order valence-electron chi connectivity index (χ3n) is 3.11. The van der Waals surface area contributed by atoms with Crippen LogP contribution >= 0.6 is 0 Å². The van der Waals surface area contributed by atoms with Gasteiger partial charge >= 0.3 is 11.9 Å². The zero-order valence-electron chi connectivity index (χ0n) is 13.4. The molecule has 0 atom stereocenters. The van der Waals surface area contributed by atoms with E-state index in [-0.39, 0.29) is 25.2 Å². The van der Waals surface area contributed by atoms with Crippen LogP contribution in [0.4, 0.5) is 0 Å². The molecule has 0 aromatic heterocycles. The minimum atomic E-state index is -0.987. The van der Waals surface area contributed by atoms with Crippen LogP contribution in [-0.4, -0.2) is 78.8 Å². The minimum absolute atomic E-state index is 0.0165. The molecule has 9 heteroatoms. The summed E-state index contributed by atoms with van der Waals surface area (Å²) >= 11 is 0. The van der Waals surface area contributed by atoms with Crippen molar-refractivity contribution in [2.24, 2.45) is 5.73 Å². The fourth-order valence-electron chi connectivity index (χ4n) is 1.91. The summed E-state index contributed by atoms with van der Waals surface area (Å²) in [6.45, 7) is 4.38. The molecule has 0 radical (unpaired) electrons. The van der Waals surface area contributed by atoms with Crippen molar-refractivity contribution >= 4 is 17.8 Å². The molecule has 0 saturated heterocycles. The number of nitrogens with two attached hydrogens (primary N) is 1. The summed E-state index contributed by atoms with van der Waals surface area (Å²) in [5, 5.41) is 22.9. The smallest absolute Gasteiger partial charge is 0.303 e. The molecular weight excluding hydrogens is 304 g/mol. The number of carbonyl (C=O) groups excluding carboxylic acids is 1. The molecule has 0 spiro atoms. The molecule has 0 aromatic rings. The first-order chi connectivity index (χ1) is 11.0. The predicted molar refractivity (Wildman–Crippen MR) is 85.1 cm³/mol. The SMILES string of the molecule is NCCN(CCNCCCC(=O)O)CCNC(=O)CCC(=O)O. The third-order valence-corrected chi connectivity index (χ3v) is 3.11. The molecule has 0 unspecified atom stereocenters. The number of nitrogens with zero attached hydrogens (tertiary/aromatic N) is 1. The first-order valence-electron chi connectivity index (χ1n) is 7.79. The maximum atomic E-state index is 11.4. The van der Waals surface area contributed by atoms with E-state index in [1.807, 2.05) is 0 Å². The quantitative estimate of drug-likeness (QED) is 0.232. The third kappa shape index (κ3) is 15.0. The van der Waals surface area contributed by atoms with Gasteiger partial charge in [-0.2, -0.15) is 0 Å². The van der Waals surface area contributed by atoms with Crippen LogP contribution in [0, 0.1) is 0 Å². The van der Waals surface area contributed by atoms with Gasteiger partial charge in [0.2, 0.25) is 5.91 Å². The maximum absolute atomic E-state index is 11.4. The Morgan fingerprint density at radius 3 is 2.13 bits per heavy atom. The number of aliphatic carboxylic acids is 2. The van der Waals surface area contributed by atoms with Crippen LogP contribution in [0.15, 0.2) is 0 Å². The van der Waals surface area contributed by atoms with Crippen LogP contribution in [0.5, 0.6) is 0 Å². The van der Waals surface area contributed by atoms with Crippen molar-refractivity contribution in [1.29, 1.82) is 0 Å². The van der Waals surface area contributed by atoms with Crippen molar-refractivity contribution in [2.75, 3.05) is 45.8 Å². The Morgan fingerprint density at radius 2 is 1.52 bits per heavy atom. The molecule has 0 aliphatic heterocycles. The van der Waals surface area contributed by atoms with E-state index in [0.717, 1.165) is 6.54 Å². The topological polar surface area (TPSA) is 145 Å². The molecule has 0 fully saturated rings. The molecule has 9 nitrogen and oxygen atoms in total. The largest absolute Gasteiger partial charge is 0.481 e. The number of carbonyl (C=O) groups is 3. The highest BCUT2D eigenvalue weighted by atomic mass is 16.4. The summed E-state index contributed by atoms with van der Waals surface area (Å²) in [6.07, 6.45) is 0.559. The Labute approximate surface area is 136 Å². The van der Waals surface area contributed by atoms with E-state index in [0.29, 0.717) is 45.7 Å². The van der Waals surface area contributed by atoms with Crippen LogP contribution < -0.4 is 16.4 Å². The Morgan fingerprint density at radius 1 is 0.870 bits per heavy atom. The zero-order chi connectivity index (χ0) is 17.5. The molecule has 0 aliphatic carbocycles. The van der Waals surface area contributed by atoms with E-state index in [2.05, 4.69) is 15.5 Å². The highest BCUT2D eigenvalue weighted by molar-refractivity contribution is 5.80. The first-order valence-corrected chi connectivity index (χ1v) is 7.79. The second kappa shape index (κ2) is 13.9. The summed E-state index contributed by atoms with van der Waals surface area (Å²) in [5.74, 6) is -2.05. The van der Waals surface area contributed by atoms with Crippen LogP contribution in [0.3, 0.4) is 0 Å². The first kappa shape index (κ1) is 21.3. The Kier molecular flexibility index (Phi) is 12.9. The Balaban J connectivity index is 3.74. The molecule has 0 rings (SSSR count). The summed E-state index contributed by atoms with van der Waals surface area (Å²) < 4.78 is 0. The number of carboxylic acid groups (broad SMARTS) is 2. The fourth-order valence-corrected chi connectivity index (χ4v) is 1.91. The van der Waals surface area contributed by atoms with E-state index in [1.54, 1.807) is 0 Å². The maximum Gasteiger partial charge on any atom is 0.303 e. The van der Waals surface area contributed by atoms with Crippen molar-refractivity contribution in [1.82, 2.24) is 15.5 Å². The number of rotatable bonds is 15. The van der Waals surface area contributed by atoms with Gasteiger partial charge in [-0.1, -0.05) is 0 Å². The molecule has 0 bridgehead atoms. The average molecular weight is 332 g/mol. The van der Waals surface area contributed by atoms with E-state index < -0.39 is 11.9 Å². The Hall–Kier alpha value is -1.71. The van der Waals surface area contributed by atoms with Crippen LogP contribution in [0.25, 0.3) is 0 Å². The molecule has 0 aromatic carbocycles. The van der Waals surface area contributed by atoms with Gasteiger partial charge in [-0.05, 0) is 13.0 Å². The number of amides is 1. The summed E-state index contributed by atoms with van der Waals surface area (Å²) in [7, 11) is 0. The number of carboxylic acids is 2. The van der Waals surface area contributed by atoms with Gasteiger partial charge in [0.1, 0.15) is 0 Å². The average Bonchev–Trinajstić information content (AvgIpc) is 2.48. The molecule has 0 saturated carbocycles. The summed E-state index contributed by atoms with van der Waals surface area (Å²) in [6, 6.07) is 0. The summed E-state index contributed by atoms with van der Waals surface area (Å²) in [4.78, 5) is 34.2.